The van der Waals surface area contributed by atoms with Gasteiger partial charge in [-0.15, -0.1) is 0 Å². The average molecular weight is 176 g/mol. The number of aromatic nitrogens is 2. The van der Waals surface area contributed by atoms with Gasteiger partial charge in [-0.25, -0.2) is 4.98 Å². The maximum absolute atomic E-state index is 11.6. The molecule has 1 aliphatic heterocycles. The van der Waals surface area contributed by atoms with Crippen LogP contribution in [-0.2, 0) is 4.74 Å². The van der Waals surface area contributed by atoms with Crippen molar-refractivity contribution in [3.8, 4) is 0 Å². The molecule has 2 rings (SSSR count). The highest BCUT2D eigenvalue weighted by molar-refractivity contribution is 6.05. The van der Waals surface area contributed by atoms with Gasteiger partial charge < -0.3 is 4.74 Å². The molecule has 0 atom stereocenters. The van der Waals surface area contributed by atoms with E-state index in [0.717, 1.165) is 6.42 Å². The summed E-state index contributed by atoms with van der Waals surface area (Å²) in [5.41, 5.74) is 0.329. The van der Waals surface area contributed by atoms with Gasteiger partial charge in [0.15, 0.2) is 5.76 Å². The lowest BCUT2D eigenvalue weighted by Gasteiger charge is -2.00. The third-order valence-electron chi connectivity index (χ3n) is 1.72. The van der Waals surface area contributed by atoms with Crippen LogP contribution < -0.4 is 0 Å². The number of rotatable bonds is 2. The molecule has 1 aliphatic rings. The lowest BCUT2D eigenvalue weighted by molar-refractivity contribution is 0.0937. The molecule has 0 spiro atoms. The van der Waals surface area contributed by atoms with Gasteiger partial charge in [-0.3, -0.25) is 9.78 Å². The predicted molar refractivity (Wildman–Crippen MR) is 45.0 cm³/mol. The summed E-state index contributed by atoms with van der Waals surface area (Å²) in [5, 5.41) is 0. The number of ether oxygens (including phenoxy) is 1. The van der Waals surface area contributed by atoms with E-state index in [2.05, 4.69) is 9.97 Å². The van der Waals surface area contributed by atoms with E-state index in [4.69, 9.17) is 4.74 Å². The molecular weight excluding hydrogens is 168 g/mol. The number of Topliss-reactive ketones (excluding diaryl/α,β-unsaturated/α-hetero) is 1. The monoisotopic (exact) mass is 176 g/mol. The van der Waals surface area contributed by atoms with E-state index in [1.54, 1.807) is 6.08 Å². The van der Waals surface area contributed by atoms with Crippen LogP contribution >= 0.6 is 0 Å². The molecule has 0 fully saturated rings. The summed E-state index contributed by atoms with van der Waals surface area (Å²) < 4.78 is 5.11. The maximum Gasteiger partial charge on any atom is 0.247 e. The fraction of sp³-hybridized carbons (Fsp3) is 0.222. The van der Waals surface area contributed by atoms with Gasteiger partial charge in [-0.1, -0.05) is 0 Å². The van der Waals surface area contributed by atoms with Crippen LogP contribution in [0.15, 0.2) is 30.4 Å². The summed E-state index contributed by atoms with van der Waals surface area (Å²) in [6.45, 7) is 0.585. The molecule has 2 heterocycles. The fourth-order valence-corrected chi connectivity index (χ4v) is 1.12. The van der Waals surface area contributed by atoms with Crippen LogP contribution in [0.1, 0.15) is 16.9 Å². The molecule has 66 valence electrons. The van der Waals surface area contributed by atoms with Gasteiger partial charge in [-0.2, -0.15) is 0 Å². The van der Waals surface area contributed by atoms with Crippen molar-refractivity contribution >= 4 is 5.78 Å². The first kappa shape index (κ1) is 7.91. The highest BCUT2D eigenvalue weighted by atomic mass is 16.5. The molecule has 0 saturated heterocycles. The van der Waals surface area contributed by atoms with Crippen LogP contribution in [0.5, 0.6) is 0 Å². The predicted octanol–water partition coefficient (Wildman–Crippen LogP) is 0.964. The second kappa shape index (κ2) is 3.35. The van der Waals surface area contributed by atoms with Crippen LogP contribution in [-0.4, -0.2) is 22.4 Å². The Kier molecular flexibility index (Phi) is 2.04. The quantitative estimate of drug-likeness (QED) is 0.630. The van der Waals surface area contributed by atoms with E-state index in [-0.39, 0.29) is 5.78 Å². The number of carbonyl (C=O) groups is 1. The number of hydrogen-bond acceptors (Lipinski definition) is 4. The van der Waals surface area contributed by atoms with E-state index >= 15 is 0 Å². The average Bonchev–Trinajstić information content (AvgIpc) is 2.71. The first-order valence-corrected chi connectivity index (χ1v) is 4.01. The number of nitrogens with zero attached hydrogens (tertiary/aromatic N) is 2. The Morgan fingerprint density at radius 1 is 1.46 bits per heavy atom. The Bertz CT molecular complexity index is 346. The Morgan fingerprint density at radius 2 is 2.38 bits per heavy atom. The maximum atomic E-state index is 11.6. The molecule has 1 aromatic heterocycles. The van der Waals surface area contributed by atoms with Crippen LogP contribution in [0.2, 0.25) is 0 Å². The molecule has 0 aromatic carbocycles. The van der Waals surface area contributed by atoms with Crippen LogP contribution in [0.3, 0.4) is 0 Å². The smallest absolute Gasteiger partial charge is 0.247 e. The standard InChI is InChI=1S/C9H8N2O2/c12-9(8-2-1-5-13-8)7-6-10-3-4-11-7/h2-4,6H,1,5H2. The van der Waals surface area contributed by atoms with E-state index in [9.17, 15) is 4.79 Å². The van der Waals surface area contributed by atoms with Crippen molar-refractivity contribution in [2.45, 2.75) is 6.42 Å². The Labute approximate surface area is 75.3 Å². The normalized spacial score (nSPS) is 14.9. The molecule has 13 heavy (non-hydrogen) atoms. The van der Waals surface area contributed by atoms with Crippen LogP contribution in [0.25, 0.3) is 0 Å². The summed E-state index contributed by atoms with van der Waals surface area (Å²) in [6, 6.07) is 0. The zero-order valence-electron chi connectivity index (χ0n) is 6.93. The third kappa shape index (κ3) is 1.56. The Hall–Kier alpha value is -1.71. The molecule has 0 unspecified atom stereocenters. The van der Waals surface area contributed by atoms with Crippen molar-refractivity contribution in [2.75, 3.05) is 6.61 Å². The van der Waals surface area contributed by atoms with Crippen LogP contribution in [0.4, 0.5) is 0 Å². The van der Waals surface area contributed by atoms with Gasteiger partial charge in [0.25, 0.3) is 0 Å². The molecule has 0 radical (unpaired) electrons. The minimum atomic E-state index is -0.189. The highest BCUT2D eigenvalue weighted by Crippen LogP contribution is 2.13. The topological polar surface area (TPSA) is 52.1 Å². The minimum absolute atomic E-state index is 0.189. The number of hydrogen-bond donors (Lipinski definition) is 0. The summed E-state index contributed by atoms with van der Waals surface area (Å²) in [4.78, 5) is 19.3. The van der Waals surface area contributed by atoms with Gasteiger partial charge >= 0.3 is 0 Å². The Balaban J connectivity index is 2.23. The Morgan fingerprint density at radius 3 is 3.00 bits per heavy atom. The number of carbonyl (C=O) groups excluding carboxylic acids is 1. The third-order valence-corrected chi connectivity index (χ3v) is 1.72. The summed E-state index contributed by atoms with van der Waals surface area (Å²) in [7, 11) is 0. The largest absolute Gasteiger partial charge is 0.489 e. The van der Waals surface area contributed by atoms with Crippen molar-refractivity contribution < 1.29 is 9.53 Å². The van der Waals surface area contributed by atoms with Gasteiger partial charge in [0, 0.05) is 18.8 Å². The number of ketones is 1. The molecule has 0 aliphatic carbocycles. The first-order valence-electron chi connectivity index (χ1n) is 4.01. The van der Waals surface area contributed by atoms with E-state index < -0.39 is 0 Å². The minimum Gasteiger partial charge on any atom is -0.489 e. The first-order chi connectivity index (χ1) is 6.38. The highest BCUT2D eigenvalue weighted by Gasteiger charge is 2.17. The summed E-state index contributed by atoms with van der Waals surface area (Å²) in [6.07, 6.45) is 7.02. The van der Waals surface area contributed by atoms with Crippen LogP contribution in [0, 0.1) is 0 Å². The lowest BCUT2D eigenvalue weighted by atomic mass is 10.2. The molecule has 1 aromatic rings. The fourth-order valence-electron chi connectivity index (χ4n) is 1.12. The molecule has 4 heteroatoms. The molecule has 0 saturated carbocycles. The van der Waals surface area contributed by atoms with Crippen molar-refractivity contribution in [3.63, 3.8) is 0 Å². The van der Waals surface area contributed by atoms with E-state index in [1.165, 1.54) is 18.6 Å². The zero-order chi connectivity index (χ0) is 9.10. The second-order valence-corrected chi connectivity index (χ2v) is 2.63. The number of allylic oxidation sites excluding steroid dienone is 1. The van der Waals surface area contributed by atoms with Crippen molar-refractivity contribution in [1.29, 1.82) is 0 Å². The van der Waals surface area contributed by atoms with Gasteiger partial charge in [0.2, 0.25) is 5.78 Å². The molecule has 4 nitrogen and oxygen atoms in total. The summed E-state index contributed by atoms with van der Waals surface area (Å²) >= 11 is 0. The molecule has 0 amide bonds. The van der Waals surface area contributed by atoms with Gasteiger partial charge in [0.05, 0.1) is 12.8 Å². The molecule has 0 N–H and O–H groups in total. The van der Waals surface area contributed by atoms with E-state index in [1.807, 2.05) is 0 Å². The van der Waals surface area contributed by atoms with E-state index in [0.29, 0.717) is 18.1 Å². The summed E-state index contributed by atoms with van der Waals surface area (Å²) in [5.74, 6) is 0.200. The van der Waals surface area contributed by atoms with Gasteiger partial charge in [0.1, 0.15) is 5.69 Å². The zero-order valence-corrected chi connectivity index (χ0v) is 6.93. The van der Waals surface area contributed by atoms with Crippen molar-refractivity contribution in [1.82, 2.24) is 9.97 Å². The molecular formula is C9H8N2O2. The van der Waals surface area contributed by atoms with Crippen molar-refractivity contribution in [2.24, 2.45) is 0 Å². The SMILES string of the molecule is O=C(C1=CCCO1)c1cnccn1. The lowest BCUT2D eigenvalue weighted by Crippen LogP contribution is -2.06. The second-order valence-electron chi connectivity index (χ2n) is 2.63. The molecule has 0 bridgehead atoms. The van der Waals surface area contributed by atoms with Gasteiger partial charge in [-0.05, 0) is 6.08 Å². The van der Waals surface area contributed by atoms with Crippen molar-refractivity contribution in [3.05, 3.63) is 36.1 Å².